The Bertz CT molecular complexity index is 491. The minimum atomic E-state index is -0.285. The molecule has 3 rings (SSSR count). The van der Waals surface area contributed by atoms with E-state index in [-0.39, 0.29) is 36.4 Å². The fourth-order valence-electron chi connectivity index (χ4n) is 3.06. The number of nitrogens with one attached hydrogen (secondary N) is 1. The molecule has 1 aliphatic heterocycles. The molecule has 21 heavy (non-hydrogen) atoms. The van der Waals surface area contributed by atoms with E-state index in [2.05, 4.69) is 5.32 Å². The molecular formula is C16H20FNO3. The van der Waals surface area contributed by atoms with Gasteiger partial charge < -0.3 is 14.8 Å². The molecule has 0 bridgehead atoms. The van der Waals surface area contributed by atoms with Gasteiger partial charge in [0.25, 0.3) is 0 Å². The van der Waals surface area contributed by atoms with Crippen LogP contribution in [0.3, 0.4) is 0 Å². The second-order valence-corrected chi connectivity index (χ2v) is 5.70. The summed E-state index contributed by atoms with van der Waals surface area (Å²) in [7, 11) is 0. The maximum Gasteiger partial charge on any atom is 0.224 e. The molecule has 1 aromatic carbocycles. The standard InChI is InChI=1S/C16H20FNO3/c17-12-3-1-11(2-4-12)9-16(19)18-13-5-6-14-15(10-13)21-8-7-20-14/h1-4,13-15H,5-10H2,(H,18,19)/t13-,14+,15+/m1/s1. The lowest BCUT2D eigenvalue weighted by molar-refractivity contribution is -0.158. The number of halogens is 1. The Morgan fingerprint density at radius 3 is 2.62 bits per heavy atom. The van der Waals surface area contributed by atoms with Gasteiger partial charge in [0.2, 0.25) is 5.91 Å². The molecule has 0 radical (unpaired) electrons. The van der Waals surface area contributed by atoms with Crippen LogP contribution in [-0.4, -0.2) is 37.4 Å². The molecule has 1 aliphatic carbocycles. The van der Waals surface area contributed by atoms with E-state index >= 15 is 0 Å². The molecule has 5 heteroatoms. The molecule has 3 atom stereocenters. The van der Waals surface area contributed by atoms with Gasteiger partial charge in [-0.2, -0.15) is 0 Å². The van der Waals surface area contributed by atoms with Gasteiger partial charge in [0.15, 0.2) is 0 Å². The van der Waals surface area contributed by atoms with Crippen LogP contribution < -0.4 is 5.32 Å². The van der Waals surface area contributed by atoms with E-state index in [1.54, 1.807) is 12.1 Å². The monoisotopic (exact) mass is 293 g/mol. The number of carbonyl (C=O) groups excluding carboxylic acids is 1. The fourth-order valence-corrected chi connectivity index (χ4v) is 3.06. The van der Waals surface area contributed by atoms with Crippen LogP contribution in [0.1, 0.15) is 24.8 Å². The Kier molecular flexibility index (Phi) is 4.51. The molecule has 1 heterocycles. The zero-order valence-corrected chi connectivity index (χ0v) is 11.9. The first-order valence-electron chi connectivity index (χ1n) is 7.48. The number of amides is 1. The normalized spacial score (nSPS) is 28.7. The number of ether oxygens (including phenoxy) is 2. The Balaban J connectivity index is 1.49. The molecule has 1 amide bonds. The number of carbonyl (C=O) groups is 1. The van der Waals surface area contributed by atoms with E-state index in [0.717, 1.165) is 24.8 Å². The smallest absolute Gasteiger partial charge is 0.224 e. The molecule has 0 aromatic heterocycles. The summed E-state index contributed by atoms with van der Waals surface area (Å²) < 4.78 is 24.2. The van der Waals surface area contributed by atoms with Gasteiger partial charge in [-0.1, -0.05) is 12.1 Å². The number of rotatable bonds is 3. The lowest BCUT2D eigenvalue weighted by atomic mass is 9.89. The molecule has 0 spiro atoms. The maximum atomic E-state index is 12.8. The molecule has 1 aromatic rings. The van der Waals surface area contributed by atoms with Crippen LogP contribution in [0.25, 0.3) is 0 Å². The first kappa shape index (κ1) is 14.5. The van der Waals surface area contributed by atoms with Gasteiger partial charge in [0.1, 0.15) is 5.82 Å². The quantitative estimate of drug-likeness (QED) is 0.925. The Morgan fingerprint density at radius 1 is 1.14 bits per heavy atom. The minimum Gasteiger partial charge on any atom is -0.373 e. The van der Waals surface area contributed by atoms with E-state index in [1.807, 2.05) is 0 Å². The highest BCUT2D eigenvalue weighted by Crippen LogP contribution is 2.26. The van der Waals surface area contributed by atoms with Crippen molar-refractivity contribution in [3.8, 4) is 0 Å². The van der Waals surface area contributed by atoms with Crippen molar-refractivity contribution in [3.63, 3.8) is 0 Å². The van der Waals surface area contributed by atoms with Crippen LogP contribution >= 0.6 is 0 Å². The molecule has 1 N–H and O–H groups in total. The predicted molar refractivity (Wildman–Crippen MR) is 75.4 cm³/mol. The molecule has 1 saturated carbocycles. The van der Waals surface area contributed by atoms with Crippen LogP contribution in [0.5, 0.6) is 0 Å². The van der Waals surface area contributed by atoms with Crippen molar-refractivity contribution in [2.24, 2.45) is 0 Å². The highest BCUT2D eigenvalue weighted by atomic mass is 19.1. The van der Waals surface area contributed by atoms with Gasteiger partial charge in [-0.15, -0.1) is 0 Å². The largest absolute Gasteiger partial charge is 0.373 e. The summed E-state index contributed by atoms with van der Waals surface area (Å²) in [5.41, 5.74) is 0.819. The van der Waals surface area contributed by atoms with Crippen LogP contribution in [0, 0.1) is 5.82 Å². The van der Waals surface area contributed by atoms with E-state index in [9.17, 15) is 9.18 Å². The SMILES string of the molecule is O=C(Cc1ccc(F)cc1)N[C@@H]1CC[C@@H]2OCCO[C@H]2C1. The van der Waals surface area contributed by atoms with Crippen molar-refractivity contribution in [2.45, 2.75) is 43.9 Å². The molecule has 114 valence electrons. The Labute approximate surface area is 123 Å². The van der Waals surface area contributed by atoms with Crippen molar-refractivity contribution in [1.82, 2.24) is 5.32 Å². The number of hydrogen-bond donors (Lipinski definition) is 1. The summed E-state index contributed by atoms with van der Waals surface area (Å²) in [6.45, 7) is 1.31. The van der Waals surface area contributed by atoms with Crippen molar-refractivity contribution < 1.29 is 18.7 Å². The summed E-state index contributed by atoms with van der Waals surface area (Å²) in [5, 5.41) is 3.05. The summed E-state index contributed by atoms with van der Waals surface area (Å²) in [6, 6.07) is 6.18. The van der Waals surface area contributed by atoms with Crippen molar-refractivity contribution in [3.05, 3.63) is 35.6 Å². The van der Waals surface area contributed by atoms with Crippen LogP contribution in [0.15, 0.2) is 24.3 Å². The van der Waals surface area contributed by atoms with Gasteiger partial charge in [0, 0.05) is 6.04 Å². The van der Waals surface area contributed by atoms with Crippen LogP contribution in [-0.2, 0) is 20.7 Å². The highest BCUT2D eigenvalue weighted by molar-refractivity contribution is 5.78. The number of hydrogen-bond acceptors (Lipinski definition) is 3. The van der Waals surface area contributed by atoms with Crippen LogP contribution in [0.2, 0.25) is 0 Å². The lowest BCUT2D eigenvalue weighted by Crippen LogP contribution is -2.49. The summed E-state index contributed by atoms with van der Waals surface area (Å²) in [6.07, 6.45) is 3.21. The van der Waals surface area contributed by atoms with E-state index in [1.165, 1.54) is 12.1 Å². The van der Waals surface area contributed by atoms with E-state index < -0.39 is 0 Å². The van der Waals surface area contributed by atoms with Gasteiger partial charge >= 0.3 is 0 Å². The van der Waals surface area contributed by atoms with Crippen molar-refractivity contribution in [2.75, 3.05) is 13.2 Å². The molecule has 2 fully saturated rings. The molecule has 4 nitrogen and oxygen atoms in total. The molecule has 2 aliphatic rings. The summed E-state index contributed by atoms with van der Waals surface area (Å²) >= 11 is 0. The Hall–Kier alpha value is -1.46. The first-order chi connectivity index (χ1) is 10.2. The van der Waals surface area contributed by atoms with Gasteiger partial charge in [-0.05, 0) is 37.0 Å². The van der Waals surface area contributed by atoms with Crippen molar-refractivity contribution in [1.29, 1.82) is 0 Å². The summed E-state index contributed by atoms with van der Waals surface area (Å²) in [5.74, 6) is -0.311. The van der Waals surface area contributed by atoms with Gasteiger partial charge in [-0.25, -0.2) is 4.39 Å². The number of benzene rings is 1. The van der Waals surface area contributed by atoms with Crippen LogP contribution in [0.4, 0.5) is 4.39 Å². The van der Waals surface area contributed by atoms with Gasteiger partial charge in [0.05, 0.1) is 31.8 Å². The number of fused-ring (bicyclic) bond motifs is 1. The predicted octanol–water partition coefficient (Wildman–Crippen LogP) is 1.82. The average molecular weight is 293 g/mol. The first-order valence-corrected chi connectivity index (χ1v) is 7.48. The third kappa shape index (κ3) is 3.80. The average Bonchev–Trinajstić information content (AvgIpc) is 2.49. The zero-order chi connectivity index (χ0) is 14.7. The van der Waals surface area contributed by atoms with E-state index in [4.69, 9.17) is 9.47 Å². The zero-order valence-electron chi connectivity index (χ0n) is 11.9. The lowest BCUT2D eigenvalue weighted by Gasteiger charge is -2.39. The third-order valence-corrected chi connectivity index (χ3v) is 4.12. The molecular weight excluding hydrogens is 273 g/mol. The fraction of sp³-hybridized carbons (Fsp3) is 0.562. The molecule has 1 saturated heterocycles. The Morgan fingerprint density at radius 2 is 1.86 bits per heavy atom. The topological polar surface area (TPSA) is 47.6 Å². The second kappa shape index (κ2) is 6.54. The third-order valence-electron chi connectivity index (χ3n) is 4.12. The van der Waals surface area contributed by atoms with E-state index in [0.29, 0.717) is 13.2 Å². The molecule has 0 unspecified atom stereocenters. The van der Waals surface area contributed by atoms with Crippen molar-refractivity contribution >= 4 is 5.91 Å². The maximum absolute atomic E-state index is 12.8. The minimum absolute atomic E-state index is 0.0261. The second-order valence-electron chi connectivity index (χ2n) is 5.70. The highest BCUT2D eigenvalue weighted by Gasteiger charge is 2.34. The van der Waals surface area contributed by atoms with Gasteiger partial charge in [-0.3, -0.25) is 4.79 Å². The summed E-state index contributed by atoms with van der Waals surface area (Å²) in [4.78, 5) is 12.0.